The summed E-state index contributed by atoms with van der Waals surface area (Å²) in [6, 6.07) is 11.1. The highest BCUT2D eigenvalue weighted by atomic mass is 32.2. The number of aromatic nitrogens is 2. The Bertz CT molecular complexity index is 951. The molecule has 0 aliphatic carbocycles. The summed E-state index contributed by atoms with van der Waals surface area (Å²) >= 11 is 1.31. The number of halogens is 2. The number of benzene rings is 2. The Labute approximate surface area is 173 Å². The molecule has 3 aromatic rings. The van der Waals surface area contributed by atoms with E-state index in [9.17, 15) is 13.9 Å². The lowest BCUT2D eigenvalue weighted by Crippen LogP contribution is -2.08. The van der Waals surface area contributed by atoms with Gasteiger partial charge in [-0.2, -0.15) is 0 Å². The highest BCUT2D eigenvalue weighted by Gasteiger charge is 2.21. The minimum Gasteiger partial charge on any atom is -0.399 e. The van der Waals surface area contributed by atoms with Crippen molar-refractivity contribution in [3.8, 4) is 0 Å². The third kappa shape index (κ3) is 5.36. The smallest absolute Gasteiger partial charge is 0.127 e. The maximum absolute atomic E-state index is 13.7. The van der Waals surface area contributed by atoms with Crippen molar-refractivity contribution in [1.29, 1.82) is 0 Å². The summed E-state index contributed by atoms with van der Waals surface area (Å²) in [7, 11) is 0. The Morgan fingerprint density at radius 2 is 1.76 bits per heavy atom. The van der Waals surface area contributed by atoms with E-state index < -0.39 is 11.6 Å². The molecule has 1 heterocycles. The van der Waals surface area contributed by atoms with E-state index in [0.29, 0.717) is 30.0 Å². The van der Waals surface area contributed by atoms with Gasteiger partial charge in [-0.3, -0.25) is 0 Å². The Morgan fingerprint density at radius 3 is 2.34 bits per heavy atom. The lowest BCUT2D eigenvalue weighted by Gasteiger charge is -2.14. The third-order valence-corrected chi connectivity index (χ3v) is 5.60. The third-order valence-electron chi connectivity index (χ3n) is 4.50. The van der Waals surface area contributed by atoms with Crippen LogP contribution in [-0.2, 0) is 13.0 Å². The lowest BCUT2D eigenvalue weighted by atomic mass is 10.1. The first-order valence-electron chi connectivity index (χ1n) is 9.56. The topological polar surface area (TPSA) is 64.1 Å². The number of hydrogen-bond donors (Lipinski definition) is 2. The molecule has 0 atom stereocenters. The maximum Gasteiger partial charge on any atom is 0.127 e. The number of aliphatic hydroxyl groups excluding tert-OH is 1. The standard InChI is InChI=1S/C22H25F2N3OS/c1-14(2)21-22(29-19-11-16(23)10-17(24)12-19)27(20(26-21)4-3-9-28)13-15-5-7-18(25)8-6-15/h5-8,10-12,14,28H,3-4,9,13,25H2,1-2H3. The predicted molar refractivity (Wildman–Crippen MR) is 112 cm³/mol. The fraction of sp³-hybridized carbons (Fsp3) is 0.318. The molecule has 0 fully saturated rings. The van der Waals surface area contributed by atoms with Crippen LogP contribution in [0.2, 0.25) is 0 Å². The maximum atomic E-state index is 13.7. The van der Waals surface area contributed by atoms with Crippen LogP contribution in [0.25, 0.3) is 0 Å². The second-order valence-electron chi connectivity index (χ2n) is 7.24. The van der Waals surface area contributed by atoms with Crippen molar-refractivity contribution >= 4 is 17.4 Å². The van der Waals surface area contributed by atoms with E-state index in [2.05, 4.69) is 4.57 Å². The zero-order valence-corrected chi connectivity index (χ0v) is 17.3. The second-order valence-corrected chi connectivity index (χ2v) is 8.30. The Kier molecular flexibility index (Phi) is 6.92. The molecule has 1 aromatic heterocycles. The molecule has 0 saturated carbocycles. The molecule has 29 heavy (non-hydrogen) atoms. The molecule has 0 spiro atoms. The van der Waals surface area contributed by atoms with Gasteiger partial charge in [0.05, 0.1) is 5.69 Å². The van der Waals surface area contributed by atoms with Gasteiger partial charge in [0.2, 0.25) is 0 Å². The van der Waals surface area contributed by atoms with Gasteiger partial charge in [-0.05, 0) is 42.2 Å². The molecular formula is C22H25F2N3OS. The first-order chi connectivity index (χ1) is 13.9. The molecule has 0 aliphatic rings. The number of nitrogens with zero attached hydrogens (tertiary/aromatic N) is 2. The zero-order chi connectivity index (χ0) is 21.0. The van der Waals surface area contributed by atoms with Crippen LogP contribution >= 0.6 is 11.8 Å². The second kappa shape index (κ2) is 9.41. The van der Waals surface area contributed by atoms with Gasteiger partial charge in [-0.25, -0.2) is 13.8 Å². The van der Waals surface area contributed by atoms with Crippen molar-refractivity contribution < 1.29 is 13.9 Å². The van der Waals surface area contributed by atoms with Crippen LogP contribution in [-0.4, -0.2) is 21.3 Å². The number of nitrogens with two attached hydrogens (primary N) is 1. The summed E-state index contributed by atoms with van der Waals surface area (Å²) in [5.41, 5.74) is 8.41. The van der Waals surface area contributed by atoms with E-state index >= 15 is 0 Å². The summed E-state index contributed by atoms with van der Waals surface area (Å²) in [5, 5.41) is 10.1. The number of rotatable bonds is 8. The van der Waals surface area contributed by atoms with Crippen molar-refractivity contribution in [2.45, 2.75) is 49.1 Å². The van der Waals surface area contributed by atoms with Crippen LogP contribution < -0.4 is 5.73 Å². The van der Waals surface area contributed by atoms with Gasteiger partial charge in [0.1, 0.15) is 22.5 Å². The molecule has 4 nitrogen and oxygen atoms in total. The predicted octanol–water partition coefficient (Wildman–Crippen LogP) is 4.99. The number of nitrogen functional groups attached to an aromatic ring is 1. The van der Waals surface area contributed by atoms with Crippen molar-refractivity contribution in [1.82, 2.24) is 9.55 Å². The zero-order valence-electron chi connectivity index (χ0n) is 16.5. The Morgan fingerprint density at radius 1 is 1.10 bits per heavy atom. The molecule has 7 heteroatoms. The summed E-state index contributed by atoms with van der Waals surface area (Å²) in [5.74, 6) is -0.234. The van der Waals surface area contributed by atoms with Crippen LogP contribution in [0, 0.1) is 11.6 Å². The molecule has 2 aromatic carbocycles. The van der Waals surface area contributed by atoms with E-state index in [1.165, 1.54) is 23.9 Å². The summed E-state index contributed by atoms with van der Waals surface area (Å²) in [6.07, 6.45) is 1.21. The highest BCUT2D eigenvalue weighted by Crippen LogP contribution is 2.36. The van der Waals surface area contributed by atoms with E-state index in [1.54, 1.807) is 0 Å². The summed E-state index contributed by atoms with van der Waals surface area (Å²) < 4.78 is 29.5. The number of aryl methyl sites for hydroxylation is 1. The molecular weight excluding hydrogens is 392 g/mol. The van der Waals surface area contributed by atoms with Gasteiger partial charge in [0, 0.05) is 36.2 Å². The number of aliphatic hydroxyl groups is 1. The van der Waals surface area contributed by atoms with E-state index in [4.69, 9.17) is 10.7 Å². The molecule has 0 radical (unpaired) electrons. The van der Waals surface area contributed by atoms with E-state index in [0.717, 1.165) is 28.2 Å². The van der Waals surface area contributed by atoms with Gasteiger partial charge >= 0.3 is 0 Å². The number of hydrogen-bond acceptors (Lipinski definition) is 4. The lowest BCUT2D eigenvalue weighted by molar-refractivity contribution is 0.287. The fourth-order valence-corrected chi connectivity index (χ4v) is 4.31. The minimum atomic E-state index is -0.608. The van der Waals surface area contributed by atoms with Crippen LogP contribution in [0.4, 0.5) is 14.5 Å². The van der Waals surface area contributed by atoms with Gasteiger partial charge < -0.3 is 15.4 Å². The van der Waals surface area contributed by atoms with Crippen LogP contribution in [0.3, 0.4) is 0 Å². The number of anilines is 1. The molecule has 0 saturated heterocycles. The molecule has 0 unspecified atom stereocenters. The minimum absolute atomic E-state index is 0.0727. The van der Waals surface area contributed by atoms with E-state index in [1.807, 2.05) is 38.1 Å². The van der Waals surface area contributed by atoms with Gasteiger partial charge in [-0.15, -0.1) is 0 Å². The van der Waals surface area contributed by atoms with E-state index in [-0.39, 0.29) is 12.5 Å². The van der Waals surface area contributed by atoms with Crippen molar-refractivity contribution in [2.75, 3.05) is 12.3 Å². The Hall–Kier alpha value is -2.38. The fourth-order valence-electron chi connectivity index (χ4n) is 3.08. The molecule has 0 amide bonds. The molecule has 3 N–H and O–H groups in total. The van der Waals surface area contributed by atoms with Crippen molar-refractivity contribution in [3.63, 3.8) is 0 Å². The highest BCUT2D eigenvalue weighted by molar-refractivity contribution is 7.99. The average molecular weight is 418 g/mol. The Balaban J connectivity index is 2.06. The molecule has 0 aliphatic heterocycles. The van der Waals surface area contributed by atoms with Crippen LogP contribution in [0.5, 0.6) is 0 Å². The first-order valence-corrected chi connectivity index (χ1v) is 10.4. The van der Waals surface area contributed by atoms with Gasteiger partial charge in [0.25, 0.3) is 0 Å². The molecule has 3 rings (SSSR count). The SMILES string of the molecule is CC(C)c1nc(CCCO)n(Cc2ccc(N)cc2)c1Sc1cc(F)cc(F)c1. The summed E-state index contributed by atoms with van der Waals surface area (Å²) in [4.78, 5) is 5.30. The van der Waals surface area contributed by atoms with Gasteiger partial charge in [-0.1, -0.05) is 37.7 Å². The van der Waals surface area contributed by atoms with Crippen molar-refractivity contribution in [2.24, 2.45) is 0 Å². The van der Waals surface area contributed by atoms with Crippen LogP contribution in [0.15, 0.2) is 52.4 Å². The van der Waals surface area contributed by atoms with Crippen molar-refractivity contribution in [3.05, 3.63) is 71.2 Å². The number of imidazole rings is 1. The first kappa shape index (κ1) is 21.3. The summed E-state index contributed by atoms with van der Waals surface area (Å²) in [6.45, 7) is 4.72. The normalized spacial score (nSPS) is 11.4. The average Bonchev–Trinajstić information content (AvgIpc) is 2.98. The largest absolute Gasteiger partial charge is 0.399 e. The molecule has 154 valence electrons. The van der Waals surface area contributed by atoms with Crippen LogP contribution in [0.1, 0.15) is 43.3 Å². The monoisotopic (exact) mass is 417 g/mol. The molecule has 0 bridgehead atoms. The quantitative estimate of drug-likeness (QED) is 0.507. The van der Waals surface area contributed by atoms with Gasteiger partial charge in [0.15, 0.2) is 0 Å².